The highest BCUT2D eigenvalue weighted by Gasteiger charge is 2.29. The lowest BCUT2D eigenvalue weighted by Crippen LogP contribution is -2.04. The fourth-order valence-electron chi connectivity index (χ4n) is 2.76. The summed E-state index contributed by atoms with van der Waals surface area (Å²) in [5.41, 5.74) is 10.0. The van der Waals surface area contributed by atoms with Crippen LogP contribution in [0.15, 0.2) is 42.5 Å². The number of nitrogen functional groups attached to an aromatic ring is 1. The van der Waals surface area contributed by atoms with Crippen molar-refractivity contribution in [2.24, 2.45) is 0 Å². The van der Waals surface area contributed by atoms with E-state index in [9.17, 15) is 0 Å². The number of benzene rings is 2. The van der Waals surface area contributed by atoms with E-state index in [0.717, 1.165) is 28.3 Å². The second-order valence-electron chi connectivity index (χ2n) is 5.71. The minimum Gasteiger partial charge on any atom is -0.399 e. The molecule has 1 fully saturated rings. The SMILES string of the molecule is Nc1ccc2c(c1)nc(C1CC1)n2Cc1ccc(Cl)cc1. The lowest BCUT2D eigenvalue weighted by molar-refractivity contribution is 0.747. The van der Waals surface area contributed by atoms with Crippen LogP contribution in [0.5, 0.6) is 0 Å². The molecule has 2 N–H and O–H groups in total. The van der Waals surface area contributed by atoms with E-state index in [0.29, 0.717) is 5.92 Å². The Hall–Kier alpha value is -2.00. The smallest absolute Gasteiger partial charge is 0.113 e. The van der Waals surface area contributed by atoms with Gasteiger partial charge >= 0.3 is 0 Å². The maximum absolute atomic E-state index is 5.96. The van der Waals surface area contributed by atoms with E-state index < -0.39 is 0 Å². The van der Waals surface area contributed by atoms with Gasteiger partial charge in [0, 0.05) is 23.2 Å². The molecule has 0 saturated heterocycles. The highest BCUT2D eigenvalue weighted by atomic mass is 35.5. The summed E-state index contributed by atoms with van der Waals surface area (Å²) >= 11 is 5.96. The van der Waals surface area contributed by atoms with Crippen molar-refractivity contribution in [3.05, 3.63) is 58.9 Å². The summed E-state index contributed by atoms with van der Waals surface area (Å²) < 4.78 is 2.32. The molecule has 106 valence electrons. The fourth-order valence-corrected chi connectivity index (χ4v) is 2.88. The molecule has 3 nitrogen and oxygen atoms in total. The number of aromatic nitrogens is 2. The van der Waals surface area contributed by atoms with Crippen molar-refractivity contribution in [2.45, 2.75) is 25.3 Å². The summed E-state index contributed by atoms with van der Waals surface area (Å²) in [6.45, 7) is 0.823. The van der Waals surface area contributed by atoms with Crippen LogP contribution in [0.4, 0.5) is 5.69 Å². The van der Waals surface area contributed by atoms with Crippen LogP contribution in [-0.4, -0.2) is 9.55 Å². The van der Waals surface area contributed by atoms with E-state index in [1.165, 1.54) is 24.2 Å². The second-order valence-corrected chi connectivity index (χ2v) is 6.14. The predicted octanol–water partition coefficient (Wildman–Crippen LogP) is 4.20. The van der Waals surface area contributed by atoms with Crippen LogP contribution in [0, 0.1) is 0 Å². The van der Waals surface area contributed by atoms with E-state index in [1.807, 2.05) is 24.3 Å². The number of fused-ring (bicyclic) bond motifs is 1. The third kappa shape index (κ3) is 2.38. The van der Waals surface area contributed by atoms with Crippen LogP contribution in [0.3, 0.4) is 0 Å². The molecule has 0 aliphatic heterocycles. The Balaban J connectivity index is 1.81. The quantitative estimate of drug-likeness (QED) is 0.736. The van der Waals surface area contributed by atoms with Crippen LogP contribution < -0.4 is 5.73 Å². The van der Waals surface area contributed by atoms with Crippen LogP contribution in [0.25, 0.3) is 11.0 Å². The number of rotatable bonds is 3. The maximum Gasteiger partial charge on any atom is 0.113 e. The van der Waals surface area contributed by atoms with Crippen molar-refractivity contribution in [1.82, 2.24) is 9.55 Å². The topological polar surface area (TPSA) is 43.8 Å². The normalized spacial score (nSPS) is 14.7. The molecule has 1 aromatic heterocycles. The van der Waals surface area contributed by atoms with Gasteiger partial charge in [0.1, 0.15) is 5.82 Å². The predicted molar refractivity (Wildman–Crippen MR) is 86.7 cm³/mol. The summed E-state index contributed by atoms with van der Waals surface area (Å²) in [5, 5.41) is 0.768. The number of hydrogen-bond donors (Lipinski definition) is 1. The number of hydrogen-bond acceptors (Lipinski definition) is 2. The maximum atomic E-state index is 5.96. The van der Waals surface area contributed by atoms with Crippen molar-refractivity contribution in [2.75, 3.05) is 5.73 Å². The Labute approximate surface area is 128 Å². The van der Waals surface area contributed by atoms with Crippen molar-refractivity contribution >= 4 is 28.3 Å². The number of anilines is 1. The highest BCUT2D eigenvalue weighted by Crippen LogP contribution is 2.41. The molecule has 0 spiro atoms. The third-order valence-electron chi connectivity index (χ3n) is 4.00. The van der Waals surface area contributed by atoms with Crippen molar-refractivity contribution < 1.29 is 0 Å². The van der Waals surface area contributed by atoms with Gasteiger partial charge in [-0.25, -0.2) is 4.98 Å². The second kappa shape index (κ2) is 4.78. The highest BCUT2D eigenvalue weighted by molar-refractivity contribution is 6.30. The van der Waals surface area contributed by atoms with E-state index in [1.54, 1.807) is 0 Å². The van der Waals surface area contributed by atoms with Gasteiger partial charge in [0.05, 0.1) is 11.0 Å². The molecule has 2 aromatic carbocycles. The summed E-state index contributed by atoms with van der Waals surface area (Å²) in [5.74, 6) is 1.79. The first-order chi connectivity index (χ1) is 10.2. The molecule has 0 amide bonds. The van der Waals surface area contributed by atoms with Gasteiger partial charge in [0.15, 0.2) is 0 Å². The molecular formula is C17H16ClN3. The van der Waals surface area contributed by atoms with Gasteiger partial charge < -0.3 is 10.3 Å². The first-order valence-electron chi connectivity index (χ1n) is 7.21. The molecule has 1 aliphatic carbocycles. The molecule has 4 heteroatoms. The van der Waals surface area contributed by atoms with Crippen LogP contribution >= 0.6 is 11.6 Å². The van der Waals surface area contributed by atoms with Crippen LogP contribution in [-0.2, 0) is 6.54 Å². The van der Waals surface area contributed by atoms with Gasteiger partial charge in [0.2, 0.25) is 0 Å². The number of nitrogens with zero attached hydrogens (tertiary/aromatic N) is 2. The Kier molecular flexibility index (Phi) is 2.89. The largest absolute Gasteiger partial charge is 0.399 e. The standard InChI is InChI=1S/C17H16ClN3/c18-13-5-1-11(2-6-13)10-21-16-8-7-14(19)9-15(16)20-17(21)12-3-4-12/h1-2,5-9,12H,3-4,10,19H2. The lowest BCUT2D eigenvalue weighted by Gasteiger charge is -2.09. The average molecular weight is 298 g/mol. The molecular weight excluding hydrogens is 282 g/mol. The molecule has 0 unspecified atom stereocenters. The summed E-state index contributed by atoms with van der Waals surface area (Å²) in [7, 11) is 0. The van der Waals surface area contributed by atoms with E-state index in [-0.39, 0.29) is 0 Å². The van der Waals surface area contributed by atoms with E-state index in [2.05, 4.69) is 22.8 Å². The molecule has 0 radical (unpaired) electrons. The first-order valence-corrected chi connectivity index (χ1v) is 7.58. The van der Waals surface area contributed by atoms with Gasteiger partial charge in [-0.1, -0.05) is 23.7 Å². The molecule has 1 heterocycles. The number of imidazole rings is 1. The zero-order valence-electron chi connectivity index (χ0n) is 11.6. The summed E-state index contributed by atoms with van der Waals surface area (Å²) in [6, 6.07) is 14.0. The number of halogens is 1. The van der Waals surface area contributed by atoms with Gasteiger partial charge in [-0.15, -0.1) is 0 Å². The third-order valence-corrected chi connectivity index (χ3v) is 4.25. The zero-order valence-corrected chi connectivity index (χ0v) is 12.3. The molecule has 1 aliphatic rings. The number of nitrogens with two attached hydrogens (primary N) is 1. The van der Waals surface area contributed by atoms with E-state index >= 15 is 0 Å². The zero-order chi connectivity index (χ0) is 14.4. The van der Waals surface area contributed by atoms with Gasteiger partial charge in [-0.05, 0) is 48.7 Å². The lowest BCUT2D eigenvalue weighted by atomic mass is 10.2. The minimum atomic E-state index is 0.603. The average Bonchev–Trinajstić information content (AvgIpc) is 3.25. The van der Waals surface area contributed by atoms with Crippen LogP contribution in [0.1, 0.15) is 30.1 Å². The molecule has 0 atom stereocenters. The molecule has 1 saturated carbocycles. The van der Waals surface area contributed by atoms with E-state index in [4.69, 9.17) is 22.3 Å². The van der Waals surface area contributed by atoms with Gasteiger partial charge in [0.25, 0.3) is 0 Å². The Morgan fingerprint density at radius 1 is 1.14 bits per heavy atom. The Bertz CT molecular complexity index is 801. The monoisotopic (exact) mass is 297 g/mol. The Morgan fingerprint density at radius 2 is 1.90 bits per heavy atom. The first kappa shape index (κ1) is 12.7. The van der Waals surface area contributed by atoms with Crippen LogP contribution in [0.2, 0.25) is 5.02 Å². The Morgan fingerprint density at radius 3 is 2.62 bits per heavy atom. The summed E-state index contributed by atoms with van der Waals surface area (Å²) in [4.78, 5) is 4.81. The van der Waals surface area contributed by atoms with Crippen molar-refractivity contribution in [3.63, 3.8) is 0 Å². The molecule has 3 aromatic rings. The molecule has 0 bridgehead atoms. The molecule has 4 rings (SSSR count). The minimum absolute atomic E-state index is 0.603. The van der Waals surface area contributed by atoms with Gasteiger partial charge in [-0.2, -0.15) is 0 Å². The summed E-state index contributed by atoms with van der Waals surface area (Å²) in [6.07, 6.45) is 2.47. The van der Waals surface area contributed by atoms with Crippen molar-refractivity contribution in [3.8, 4) is 0 Å². The van der Waals surface area contributed by atoms with Crippen molar-refractivity contribution in [1.29, 1.82) is 0 Å². The molecule has 21 heavy (non-hydrogen) atoms. The fraction of sp³-hybridized carbons (Fsp3) is 0.235. The van der Waals surface area contributed by atoms with Gasteiger partial charge in [-0.3, -0.25) is 0 Å².